The average Bonchev–Trinajstić information content (AvgIpc) is 2.41. The summed E-state index contributed by atoms with van der Waals surface area (Å²) in [6.45, 7) is 2.22. The van der Waals surface area contributed by atoms with Crippen LogP contribution in [-0.2, 0) is 0 Å². The lowest BCUT2D eigenvalue weighted by Crippen LogP contribution is -1.99. The third-order valence-corrected chi connectivity index (χ3v) is 3.10. The van der Waals surface area contributed by atoms with E-state index < -0.39 is 5.82 Å². The fourth-order valence-electron chi connectivity index (χ4n) is 1.55. The molecule has 1 heterocycles. The summed E-state index contributed by atoms with van der Waals surface area (Å²) in [6, 6.07) is 6.21. The predicted molar refractivity (Wildman–Crippen MR) is 79.7 cm³/mol. The number of ether oxygens (including phenoxy) is 1. The Morgan fingerprint density at radius 3 is 2.80 bits per heavy atom. The molecule has 4 nitrogen and oxygen atoms in total. The maximum atomic E-state index is 13.7. The maximum Gasteiger partial charge on any atom is 0.190 e. The zero-order valence-corrected chi connectivity index (χ0v) is 12.6. The highest BCUT2D eigenvalue weighted by Gasteiger charge is 2.07. The van der Waals surface area contributed by atoms with Crippen molar-refractivity contribution in [2.24, 2.45) is 0 Å². The summed E-state index contributed by atoms with van der Waals surface area (Å²) in [5, 5.41) is 3.86. The molecule has 1 N–H and O–H groups in total. The largest absolute Gasteiger partial charge is 0.491 e. The number of hydrogen-bond donors (Lipinski definition) is 1. The van der Waals surface area contributed by atoms with E-state index in [0.29, 0.717) is 28.4 Å². The minimum Gasteiger partial charge on any atom is -0.491 e. The van der Waals surface area contributed by atoms with Crippen LogP contribution in [0.25, 0.3) is 0 Å². The van der Waals surface area contributed by atoms with Crippen molar-refractivity contribution in [2.45, 2.75) is 12.1 Å². The first-order valence-corrected chi connectivity index (χ1v) is 7.50. The molecular weight excluding hydrogens is 301 g/mol. The van der Waals surface area contributed by atoms with Crippen LogP contribution in [-0.4, -0.2) is 22.8 Å². The number of thioether (sulfide) groups is 1. The Morgan fingerprint density at radius 2 is 2.15 bits per heavy atom. The van der Waals surface area contributed by atoms with E-state index in [2.05, 4.69) is 15.3 Å². The van der Waals surface area contributed by atoms with Crippen LogP contribution in [0.1, 0.15) is 6.92 Å². The SMILES string of the molecule is CCOc1ccc(Nc2cc(Cl)nc(SC)n2)cc1F. The Labute approximate surface area is 125 Å². The van der Waals surface area contributed by atoms with Gasteiger partial charge in [-0.1, -0.05) is 23.4 Å². The third kappa shape index (κ3) is 3.74. The zero-order valence-electron chi connectivity index (χ0n) is 11.0. The van der Waals surface area contributed by atoms with E-state index in [0.717, 1.165) is 0 Å². The first-order valence-electron chi connectivity index (χ1n) is 5.90. The van der Waals surface area contributed by atoms with Crippen LogP contribution in [0.4, 0.5) is 15.9 Å². The molecule has 0 aliphatic rings. The van der Waals surface area contributed by atoms with Gasteiger partial charge in [-0.25, -0.2) is 14.4 Å². The average molecular weight is 314 g/mol. The van der Waals surface area contributed by atoms with Crippen molar-refractivity contribution in [1.29, 1.82) is 0 Å². The number of anilines is 2. The van der Waals surface area contributed by atoms with Crippen molar-refractivity contribution < 1.29 is 9.13 Å². The van der Waals surface area contributed by atoms with E-state index >= 15 is 0 Å². The predicted octanol–water partition coefficient (Wildman–Crippen LogP) is 4.13. The van der Waals surface area contributed by atoms with Gasteiger partial charge in [0.25, 0.3) is 0 Å². The lowest BCUT2D eigenvalue weighted by atomic mass is 10.3. The monoisotopic (exact) mass is 313 g/mol. The Bertz CT molecular complexity index is 612. The molecule has 0 saturated carbocycles. The molecule has 1 aromatic carbocycles. The van der Waals surface area contributed by atoms with E-state index in [-0.39, 0.29) is 5.75 Å². The fourth-order valence-corrected chi connectivity index (χ4v) is 2.16. The first kappa shape index (κ1) is 14.9. The molecule has 2 aromatic rings. The van der Waals surface area contributed by atoms with E-state index in [1.54, 1.807) is 25.1 Å². The number of nitrogens with one attached hydrogen (secondary N) is 1. The van der Waals surface area contributed by atoms with Crippen molar-refractivity contribution in [2.75, 3.05) is 18.2 Å². The van der Waals surface area contributed by atoms with Crippen molar-refractivity contribution in [3.8, 4) is 5.75 Å². The molecule has 7 heteroatoms. The second-order valence-electron chi connectivity index (χ2n) is 3.77. The summed E-state index contributed by atoms with van der Waals surface area (Å²) in [7, 11) is 0. The molecule has 0 saturated heterocycles. The second-order valence-corrected chi connectivity index (χ2v) is 4.93. The molecule has 20 heavy (non-hydrogen) atoms. The highest BCUT2D eigenvalue weighted by Crippen LogP contribution is 2.25. The summed E-state index contributed by atoms with van der Waals surface area (Å²) >= 11 is 7.27. The lowest BCUT2D eigenvalue weighted by molar-refractivity contribution is 0.321. The number of nitrogens with zero attached hydrogens (tertiary/aromatic N) is 2. The minimum atomic E-state index is -0.429. The van der Waals surface area contributed by atoms with Gasteiger partial charge >= 0.3 is 0 Å². The molecule has 0 unspecified atom stereocenters. The van der Waals surface area contributed by atoms with Crippen LogP contribution < -0.4 is 10.1 Å². The number of halogens is 2. The molecule has 0 bridgehead atoms. The van der Waals surface area contributed by atoms with Crippen molar-refractivity contribution in [3.05, 3.63) is 35.2 Å². The first-order chi connectivity index (χ1) is 9.62. The second kappa shape index (κ2) is 6.76. The van der Waals surface area contributed by atoms with Gasteiger partial charge in [-0.05, 0) is 25.3 Å². The maximum absolute atomic E-state index is 13.7. The topological polar surface area (TPSA) is 47.0 Å². The van der Waals surface area contributed by atoms with Crippen LogP contribution >= 0.6 is 23.4 Å². The quantitative estimate of drug-likeness (QED) is 0.511. The van der Waals surface area contributed by atoms with Crippen LogP contribution in [0.2, 0.25) is 5.15 Å². The third-order valence-electron chi connectivity index (χ3n) is 2.36. The van der Waals surface area contributed by atoms with E-state index in [1.165, 1.54) is 17.8 Å². The molecule has 0 fully saturated rings. The lowest BCUT2D eigenvalue weighted by Gasteiger charge is -2.09. The van der Waals surface area contributed by atoms with E-state index in [9.17, 15) is 4.39 Å². The molecule has 106 valence electrons. The molecule has 0 radical (unpaired) electrons. The molecule has 0 aliphatic heterocycles. The Morgan fingerprint density at radius 1 is 1.35 bits per heavy atom. The van der Waals surface area contributed by atoms with Crippen molar-refractivity contribution in [3.63, 3.8) is 0 Å². The number of hydrogen-bond acceptors (Lipinski definition) is 5. The van der Waals surface area contributed by atoms with Gasteiger partial charge in [0.1, 0.15) is 11.0 Å². The molecular formula is C13H13ClFN3OS. The Kier molecular flexibility index (Phi) is 5.03. The fraction of sp³-hybridized carbons (Fsp3) is 0.231. The van der Waals surface area contributed by atoms with Crippen LogP contribution in [0.15, 0.2) is 29.4 Å². The van der Waals surface area contributed by atoms with Crippen molar-refractivity contribution in [1.82, 2.24) is 9.97 Å². The summed E-state index contributed by atoms with van der Waals surface area (Å²) < 4.78 is 18.9. The van der Waals surface area contributed by atoms with E-state index in [1.807, 2.05) is 6.26 Å². The summed E-state index contributed by atoms with van der Waals surface area (Å²) in [5.74, 6) is 0.309. The molecule has 0 atom stereocenters. The summed E-state index contributed by atoms with van der Waals surface area (Å²) in [5.41, 5.74) is 0.563. The normalized spacial score (nSPS) is 10.4. The van der Waals surface area contributed by atoms with Gasteiger partial charge in [0, 0.05) is 17.8 Å². The van der Waals surface area contributed by atoms with Crippen LogP contribution in [0.5, 0.6) is 5.75 Å². The highest BCUT2D eigenvalue weighted by atomic mass is 35.5. The van der Waals surface area contributed by atoms with Gasteiger partial charge in [0.05, 0.1) is 6.61 Å². The standard InChI is InChI=1S/C13H13ClFN3OS/c1-3-19-10-5-4-8(6-9(10)15)16-12-7-11(14)17-13(18-12)20-2/h4-7H,3H2,1-2H3,(H,16,17,18). The smallest absolute Gasteiger partial charge is 0.190 e. The molecule has 0 amide bonds. The van der Waals surface area contributed by atoms with Gasteiger partial charge < -0.3 is 10.1 Å². The van der Waals surface area contributed by atoms with Gasteiger partial charge in [0.15, 0.2) is 16.7 Å². The molecule has 2 rings (SSSR count). The number of aromatic nitrogens is 2. The Balaban J connectivity index is 2.21. The molecule has 1 aromatic heterocycles. The van der Waals surface area contributed by atoms with Crippen LogP contribution in [0.3, 0.4) is 0 Å². The van der Waals surface area contributed by atoms with Gasteiger partial charge in [-0.2, -0.15) is 0 Å². The van der Waals surface area contributed by atoms with Gasteiger partial charge in [-0.15, -0.1) is 0 Å². The summed E-state index contributed by atoms with van der Waals surface area (Å²) in [6.07, 6.45) is 1.85. The molecule has 0 aliphatic carbocycles. The highest BCUT2D eigenvalue weighted by molar-refractivity contribution is 7.98. The zero-order chi connectivity index (χ0) is 14.5. The van der Waals surface area contributed by atoms with E-state index in [4.69, 9.17) is 16.3 Å². The number of benzene rings is 1. The minimum absolute atomic E-state index is 0.226. The van der Waals surface area contributed by atoms with Crippen molar-refractivity contribution >= 4 is 34.9 Å². The Hall–Kier alpha value is -1.53. The van der Waals surface area contributed by atoms with Crippen LogP contribution in [0, 0.1) is 5.82 Å². The molecule has 0 spiro atoms. The summed E-state index contributed by atoms with van der Waals surface area (Å²) in [4.78, 5) is 8.27. The van der Waals surface area contributed by atoms with Gasteiger partial charge in [-0.3, -0.25) is 0 Å². The number of rotatable bonds is 5. The van der Waals surface area contributed by atoms with Gasteiger partial charge in [0.2, 0.25) is 0 Å².